The second-order valence-electron chi connectivity index (χ2n) is 4.18. The Morgan fingerprint density at radius 2 is 2.29 bits per heavy atom. The number of fused-ring (bicyclic) bond motifs is 1. The van der Waals surface area contributed by atoms with Gasteiger partial charge in [-0.05, 0) is 37.4 Å². The molecule has 2 nitrogen and oxygen atoms in total. The zero-order valence-electron chi connectivity index (χ0n) is 8.53. The van der Waals surface area contributed by atoms with Gasteiger partial charge in [-0.2, -0.15) is 0 Å². The van der Waals surface area contributed by atoms with Crippen LogP contribution in [0.1, 0.15) is 29.2 Å². The highest BCUT2D eigenvalue weighted by molar-refractivity contribution is 5.35. The van der Waals surface area contributed by atoms with Crippen LogP contribution >= 0.6 is 0 Å². The second-order valence-corrected chi connectivity index (χ2v) is 4.18. The van der Waals surface area contributed by atoms with E-state index in [4.69, 9.17) is 5.73 Å². The van der Waals surface area contributed by atoms with Gasteiger partial charge in [-0.15, -0.1) is 0 Å². The highest BCUT2D eigenvalue weighted by Crippen LogP contribution is 2.34. The third-order valence-corrected chi connectivity index (χ3v) is 3.15. The molecule has 1 aliphatic carbocycles. The van der Waals surface area contributed by atoms with E-state index >= 15 is 0 Å². The van der Waals surface area contributed by atoms with Crippen molar-refractivity contribution in [3.63, 3.8) is 0 Å². The molecule has 0 heterocycles. The number of nitrogens with two attached hydrogens (primary N) is 1. The lowest BCUT2D eigenvalue weighted by Gasteiger charge is -2.29. The molecule has 2 atom stereocenters. The Bertz CT molecular complexity index is 335. The lowest BCUT2D eigenvalue weighted by molar-refractivity contribution is 0.0981. The highest BCUT2D eigenvalue weighted by Gasteiger charge is 2.26. The Kier molecular flexibility index (Phi) is 2.57. The molecule has 0 aromatic heterocycles. The fourth-order valence-electron chi connectivity index (χ4n) is 2.22. The SMILES string of the molecule is Cc1ccc2c(c1)C(O)C(CN)CC2. The van der Waals surface area contributed by atoms with Gasteiger partial charge in [0, 0.05) is 5.92 Å². The van der Waals surface area contributed by atoms with Crippen molar-refractivity contribution < 1.29 is 5.11 Å². The van der Waals surface area contributed by atoms with Crippen LogP contribution in [0.4, 0.5) is 0 Å². The first-order valence-corrected chi connectivity index (χ1v) is 5.20. The summed E-state index contributed by atoms with van der Waals surface area (Å²) < 4.78 is 0. The first kappa shape index (κ1) is 9.69. The molecule has 1 aliphatic rings. The van der Waals surface area contributed by atoms with E-state index in [-0.39, 0.29) is 12.0 Å². The highest BCUT2D eigenvalue weighted by atomic mass is 16.3. The van der Waals surface area contributed by atoms with Crippen LogP contribution in [0.2, 0.25) is 0 Å². The molecule has 0 saturated carbocycles. The molecule has 2 heteroatoms. The summed E-state index contributed by atoms with van der Waals surface area (Å²) >= 11 is 0. The molecule has 2 rings (SSSR count). The van der Waals surface area contributed by atoms with Crippen LogP contribution in [0.3, 0.4) is 0 Å². The third-order valence-electron chi connectivity index (χ3n) is 3.15. The van der Waals surface area contributed by atoms with Crippen molar-refractivity contribution in [2.45, 2.75) is 25.9 Å². The molecule has 0 fully saturated rings. The molecule has 2 unspecified atom stereocenters. The van der Waals surface area contributed by atoms with Crippen molar-refractivity contribution in [3.05, 3.63) is 34.9 Å². The minimum Gasteiger partial charge on any atom is -0.388 e. The summed E-state index contributed by atoms with van der Waals surface area (Å²) in [6.07, 6.45) is 1.70. The van der Waals surface area contributed by atoms with E-state index < -0.39 is 0 Å². The number of hydrogen-bond acceptors (Lipinski definition) is 2. The molecule has 1 aromatic rings. The van der Waals surface area contributed by atoms with E-state index in [0.29, 0.717) is 6.54 Å². The summed E-state index contributed by atoms with van der Waals surface area (Å²) in [6, 6.07) is 6.32. The van der Waals surface area contributed by atoms with Gasteiger partial charge in [0.1, 0.15) is 0 Å². The van der Waals surface area contributed by atoms with Gasteiger partial charge < -0.3 is 10.8 Å². The first-order valence-electron chi connectivity index (χ1n) is 5.20. The number of aryl methyl sites for hydroxylation is 2. The van der Waals surface area contributed by atoms with Crippen LogP contribution in [0.25, 0.3) is 0 Å². The molecular formula is C12H17NO. The van der Waals surface area contributed by atoms with Gasteiger partial charge in [0.2, 0.25) is 0 Å². The first-order chi connectivity index (χ1) is 6.72. The van der Waals surface area contributed by atoms with Crippen LogP contribution < -0.4 is 5.73 Å². The Morgan fingerprint density at radius 3 is 3.00 bits per heavy atom. The normalized spacial score (nSPS) is 25.9. The quantitative estimate of drug-likeness (QED) is 0.707. The molecule has 0 radical (unpaired) electrons. The van der Waals surface area contributed by atoms with Gasteiger partial charge in [-0.1, -0.05) is 23.8 Å². The van der Waals surface area contributed by atoms with Gasteiger partial charge in [-0.25, -0.2) is 0 Å². The summed E-state index contributed by atoms with van der Waals surface area (Å²) in [5.74, 6) is 0.240. The lowest BCUT2D eigenvalue weighted by atomic mass is 9.81. The van der Waals surface area contributed by atoms with Crippen molar-refractivity contribution in [1.29, 1.82) is 0 Å². The maximum atomic E-state index is 10.1. The summed E-state index contributed by atoms with van der Waals surface area (Å²) in [4.78, 5) is 0. The van der Waals surface area contributed by atoms with Gasteiger partial charge >= 0.3 is 0 Å². The number of hydrogen-bond donors (Lipinski definition) is 2. The van der Waals surface area contributed by atoms with Crippen molar-refractivity contribution >= 4 is 0 Å². The van der Waals surface area contributed by atoms with E-state index in [1.165, 1.54) is 11.1 Å². The van der Waals surface area contributed by atoms with Crippen LogP contribution in [-0.4, -0.2) is 11.7 Å². The Hall–Kier alpha value is -0.860. The molecule has 3 N–H and O–H groups in total. The molecule has 76 valence electrons. The largest absolute Gasteiger partial charge is 0.388 e. The molecule has 14 heavy (non-hydrogen) atoms. The number of aliphatic hydroxyl groups is 1. The van der Waals surface area contributed by atoms with Gasteiger partial charge in [0.25, 0.3) is 0 Å². The Balaban J connectivity index is 2.38. The van der Waals surface area contributed by atoms with E-state index in [0.717, 1.165) is 18.4 Å². The molecular weight excluding hydrogens is 174 g/mol. The van der Waals surface area contributed by atoms with Crippen LogP contribution in [0, 0.1) is 12.8 Å². The average Bonchev–Trinajstić information content (AvgIpc) is 2.20. The lowest BCUT2D eigenvalue weighted by Crippen LogP contribution is -2.27. The molecule has 1 aromatic carbocycles. The van der Waals surface area contributed by atoms with E-state index in [1.54, 1.807) is 0 Å². The fourth-order valence-corrected chi connectivity index (χ4v) is 2.22. The smallest absolute Gasteiger partial charge is 0.0833 e. The number of benzene rings is 1. The third kappa shape index (κ3) is 1.56. The monoisotopic (exact) mass is 191 g/mol. The van der Waals surface area contributed by atoms with Crippen molar-refractivity contribution in [2.75, 3.05) is 6.54 Å². The number of aliphatic hydroxyl groups excluding tert-OH is 1. The topological polar surface area (TPSA) is 46.2 Å². The molecule has 0 amide bonds. The molecule has 0 spiro atoms. The summed E-state index contributed by atoms with van der Waals surface area (Å²) in [7, 11) is 0. The van der Waals surface area contributed by atoms with E-state index in [1.807, 2.05) is 0 Å². The molecule has 0 bridgehead atoms. The molecule has 0 aliphatic heterocycles. The van der Waals surface area contributed by atoms with Gasteiger partial charge in [0.15, 0.2) is 0 Å². The summed E-state index contributed by atoms with van der Waals surface area (Å²) in [5, 5.41) is 10.1. The van der Waals surface area contributed by atoms with Crippen molar-refractivity contribution in [3.8, 4) is 0 Å². The summed E-state index contributed by atoms with van der Waals surface area (Å²) in [5.41, 5.74) is 9.21. The van der Waals surface area contributed by atoms with Gasteiger partial charge in [-0.3, -0.25) is 0 Å². The van der Waals surface area contributed by atoms with Crippen LogP contribution in [0.15, 0.2) is 18.2 Å². The molecule has 0 saturated heterocycles. The van der Waals surface area contributed by atoms with Crippen LogP contribution in [-0.2, 0) is 6.42 Å². The maximum Gasteiger partial charge on any atom is 0.0833 e. The average molecular weight is 191 g/mol. The summed E-state index contributed by atoms with van der Waals surface area (Å²) in [6.45, 7) is 2.63. The Labute approximate surface area is 84.7 Å². The fraction of sp³-hybridized carbons (Fsp3) is 0.500. The minimum absolute atomic E-state index is 0.240. The zero-order valence-corrected chi connectivity index (χ0v) is 8.53. The van der Waals surface area contributed by atoms with Crippen LogP contribution in [0.5, 0.6) is 0 Å². The standard InChI is InChI=1S/C12H17NO/c1-8-2-3-9-4-5-10(7-13)12(14)11(9)6-8/h2-3,6,10,12,14H,4-5,7,13H2,1H3. The zero-order chi connectivity index (χ0) is 10.1. The maximum absolute atomic E-state index is 10.1. The second kappa shape index (κ2) is 3.71. The van der Waals surface area contributed by atoms with E-state index in [9.17, 15) is 5.11 Å². The Morgan fingerprint density at radius 1 is 1.50 bits per heavy atom. The van der Waals surface area contributed by atoms with Crippen molar-refractivity contribution in [2.24, 2.45) is 11.7 Å². The predicted molar refractivity (Wildman–Crippen MR) is 57.0 cm³/mol. The number of rotatable bonds is 1. The predicted octanol–water partition coefficient (Wildman–Crippen LogP) is 1.55. The van der Waals surface area contributed by atoms with E-state index in [2.05, 4.69) is 25.1 Å². The minimum atomic E-state index is -0.358. The van der Waals surface area contributed by atoms with Crippen molar-refractivity contribution in [1.82, 2.24) is 0 Å². The van der Waals surface area contributed by atoms with Gasteiger partial charge in [0.05, 0.1) is 6.10 Å².